The Hall–Kier alpha value is -3.74. The van der Waals surface area contributed by atoms with Crippen molar-refractivity contribution in [3.63, 3.8) is 0 Å². The molecular weight excluding hydrogens is 336 g/mol. The number of phenolic OH excluding ortho intramolecular Hbond substituents is 2. The van der Waals surface area contributed by atoms with E-state index in [1.807, 2.05) is 30.3 Å². The summed E-state index contributed by atoms with van der Waals surface area (Å²) in [4.78, 5) is 16.4. The maximum Gasteiger partial charge on any atom is 0.362 e. The molecule has 130 valence electrons. The monoisotopic (exact) mass is 350 g/mol. The Labute approximate surface area is 147 Å². The minimum Gasteiger partial charge on any atom is -0.508 e. The minimum atomic E-state index is -0.661. The number of esters is 1. The van der Waals surface area contributed by atoms with E-state index in [0.717, 1.165) is 10.9 Å². The molecule has 4 rings (SSSR count). The number of hydrogen-bond donors (Lipinski definition) is 2. The zero-order chi connectivity index (χ0) is 18.3. The number of nitrogens with zero attached hydrogens (tertiary/aromatic N) is 2. The van der Waals surface area contributed by atoms with Crippen LogP contribution in [0.3, 0.4) is 0 Å². The molecule has 2 N–H and O–H groups in total. The number of benzene rings is 2. The van der Waals surface area contributed by atoms with Crippen LogP contribution in [0.4, 0.5) is 0 Å². The van der Waals surface area contributed by atoms with Crippen molar-refractivity contribution in [3.05, 3.63) is 60.4 Å². The molecule has 2 aromatic carbocycles. The lowest BCUT2D eigenvalue weighted by Crippen LogP contribution is -2.06. The molecule has 0 aliphatic carbocycles. The minimum absolute atomic E-state index is 0.0173. The van der Waals surface area contributed by atoms with Crippen molar-refractivity contribution >= 4 is 16.9 Å². The Balaban J connectivity index is 1.94. The number of oxazole rings is 1. The second kappa shape index (κ2) is 5.96. The van der Waals surface area contributed by atoms with Crippen LogP contribution in [0.25, 0.3) is 28.2 Å². The van der Waals surface area contributed by atoms with Crippen LogP contribution in [0.1, 0.15) is 10.5 Å². The predicted molar refractivity (Wildman–Crippen MR) is 93.4 cm³/mol. The molecule has 26 heavy (non-hydrogen) atoms. The Morgan fingerprint density at radius 2 is 1.96 bits per heavy atom. The van der Waals surface area contributed by atoms with E-state index < -0.39 is 5.97 Å². The molecule has 0 aliphatic rings. The summed E-state index contributed by atoms with van der Waals surface area (Å²) in [6.45, 7) is 0. The normalized spacial score (nSPS) is 11.0. The van der Waals surface area contributed by atoms with Crippen molar-refractivity contribution in [1.82, 2.24) is 9.55 Å². The molecule has 0 saturated carbocycles. The summed E-state index contributed by atoms with van der Waals surface area (Å²) < 4.78 is 12.3. The highest BCUT2D eigenvalue weighted by atomic mass is 16.5. The van der Waals surface area contributed by atoms with E-state index >= 15 is 0 Å². The van der Waals surface area contributed by atoms with Gasteiger partial charge < -0.3 is 19.4 Å². The number of para-hydroxylation sites is 1. The summed E-state index contributed by atoms with van der Waals surface area (Å²) in [5, 5.41) is 20.5. The lowest BCUT2D eigenvalue weighted by atomic mass is 10.2. The van der Waals surface area contributed by atoms with Crippen LogP contribution in [0.2, 0.25) is 0 Å². The van der Waals surface area contributed by atoms with Gasteiger partial charge in [0, 0.05) is 17.6 Å². The van der Waals surface area contributed by atoms with Gasteiger partial charge in [-0.05, 0) is 24.3 Å². The van der Waals surface area contributed by atoms with Crippen LogP contribution < -0.4 is 0 Å². The topological polar surface area (TPSA) is 97.7 Å². The van der Waals surface area contributed by atoms with Crippen LogP contribution in [-0.2, 0) is 4.74 Å². The van der Waals surface area contributed by atoms with Gasteiger partial charge in [0.2, 0.25) is 17.5 Å². The largest absolute Gasteiger partial charge is 0.508 e. The number of carbonyl (C=O) groups is 1. The second-order valence-corrected chi connectivity index (χ2v) is 5.61. The fourth-order valence-corrected chi connectivity index (χ4v) is 2.78. The zero-order valence-corrected chi connectivity index (χ0v) is 13.7. The lowest BCUT2D eigenvalue weighted by Gasteiger charge is -2.03. The van der Waals surface area contributed by atoms with Crippen molar-refractivity contribution in [1.29, 1.82) is 0 Å². The first-order valence-electron chi connectivity index (χ1n) is 7.76. The number of aromatic nitrogens is 2. The maximum absolute atomic E-state index is 12.2. The molecule has 0 aliphatic heterocycles. The number of hydrogen-bond acceptors (Lipinski definition) is 6. The summed E-state index contributed by atoms with van der Waals surface area (Å²) in [5.41, 5.74) is 1.06. The van der Waals surface area contributed by atoms with Gasteiger partial charge in [0.25, 0.3) is 0 Å². The molecule has 4 aromatic rings. The van der Waals surface area contributed by atoms with Crippen molar-refractivity contribution in [3.8, 4) is 28.8 Å². The van der Waals surface area contributed by atoms with Crippen LogP contribution in [0, 0.1) is 0 Å². The highest BCUT2D eigenvalue weighted by Crippen LogP contribution is 2.34. The molecule has 0 radical (unpaired) electrons. The van der Waals surface area contributed by atoms with E-state index in [-0.39, 0.29) is 34.5 Å². The summed E-state index contributed by atoms with van der Waals surface area (Å²) in [6, 6.07) is 13.5. The average Bonchev–Trinajstić information content (AvgIpc) is 3.25. The predicted octanol–water partition coefficient (Wildman–Crippen LogP) is 3.48. The van der Waals surface area contributed by atoms with E-state index in [1.165, 1.54) is 25.3 Å². The van der Waals surface area contributed by atoms with Gasteiger partial charge in [-0.3, -0.25) is 4.57 Å². The molecule has 2 heterocycles. The van der Waals surface area contributed by atoms with Crippen molar-refractivity contribution < 1.29 is 24.2 Å². The molecule has 0 atom stereocenters. The molecule has 0 bridgehead atoms. The van der Waals surface area contributed by atoms with E-state index in [2.05, 4.69) is 4.98 Å². The molecule has 0 spiro atoms. The molecule has 0 unspecified atom stereocenters. The van der Waals surface area contributed by atoms with Gasteiger partial charge in [0.05, 0.1) is 18.2 Å². The van der Waals surface area contributed by atoms with Gasteiger partial charge in [-0.1, -0.05) is 18.2 Å². The Kier molecular flexibility index (Phi) is 3.62. The van der Waals surface area contributed by atoms with E-state index in [9.17, 15) is 15.0 Å². The second-order valence-electron chi connectivity index (χ2n) is 5.61. The summed E-state index contributed by atoms with van der Waals surface area (Å²) in [5.74, 6) is -0.753. The molecule has 0 fully saturated rings. The smallest absolute Gasteiger partial charge is 0.362 e. The third kappa shape index (κ3) is 2.46. The van der Waals surface area contributed by atoms with E-state index in [0.29, 0.717) is 0 Å². The van der Waals surface area contributed by atoms with Crippen molar-refractivity contribution in [2.75, 3.05) is 7.11 Å². The summed E-state index contributed by atoms with van der Waals surface area (Å²) in [7, 11) is 1.26. The van der Waals surface area contributed by atoms with Crippen LogP contribution in [0.15, 0.2) is 59.1 Å². The maximum atomic E-state index is 12.2. The fourth-order valence-electron chi connectivity index (χ4n) is 2.78. The first kappa shape index (κ1) is 15.8. The highest BCUT2D eigenvalue weighted by molar-refractivity contribution is 5.92. The third-order valence-corrected chi connectivity index (χ3v) is 4.02. The Morgan fingerprint density at radius 3 is 2.73 bits per heavy atom. The van der Waals surface area contributed by atoms with Gasteiger partial charge in [0.1, 0.15) is 11.5 Å². The van der Waals surface area contributed by atoms with Gasteiger partial charge in [-0.25, -0.2) is 4.79 Å². The van der Waals surface area contributed by atoms with Crippen LogP contribution in [0.5, 0.6) is 11.5 Å². The highest BCUT2D eigenvalue weighted by Gasteiger charge is 2.25. The van der Waals surface area contributed by atoms with Crippen molar-refractivity contribution in [2.24, 2.45) is 0 Å². The van der Waals surface area contributed by atoms with Crippen molar-refractivity contribution in [2.45, 2.75) is 0 Å². The number of ether oxygens (including phenoxy) is 1. The Morgan fingerprint density at radius 1 is 1.15 bits per heavy atom. The van der Waals surface area contributed by atoms with Gasteiger partial charge in [0.15, 0.2) is 0 Å². The number of aromatic hydroxyl groups is 2. The first-order valence-corrected chi connectivity index (χ1v) is 7.76. The third-order valence-electron chi connectivity index (χ3n) is 4.02. The number of methoxy groups -OCH3 is 1. The molecule has 0 saturated heterocycles. The van der Waals surface area contributed by atoms with Gasteiger partial charge >= 0.3 is 5.97 Å². The number of phenols is 2. The summed E-state index contributed by atoms with van der Waals surface area (Å²) >= 11 is 0. The average molecular weight is 350 g/mol. The molecule has 7 nitrogen and oxygen atoms in total. The van der Waals surface area contributed by atoms with E-state index in [1.54, 1.807) is 10.8 Å². The molecular formula is C19H14N2O5. The van der Waals surface area contributed by atoms with E-state index in [4.69, 9.17) is 9.15 Å². The zero-order valence-electron chi connectivity index (χ0n) is 13.7. The van der Waals surface area contributed by atoms with Gasteiger partial charge in [-0.2, -0.15) is 4.98 Å². The number of fused-ring (bicyclic) bond motifs is 1. The Bertz CT molecular complexity index is 1130. The van der Waals surface area contributed by atoms with Gasteiger partial charge in [-0.15, -0.1) is 0 Å². The molecule has 7 heteroatoms. The quantitative estimate of drug-likeness (QED) is 0.549. The first-order chi connectivity index (χ1) is 12.6. The molecule has 2 aromatic heterocycles. The van der Waals surface area contributed by atoms with Crippen LogP contribution in [-0.4, -0.2) is 32.8 Å². The standard InChI is InChI=1S/C19H14N2O5/c1-25-19(24)16-18(21-9-8-11-4-2-3-5-14(11)21)26-17(20-16)13-7-6-12(22)10-15(13)23/h2-10,22-23H,1H3. The lowest BCUT2D eigenvalue weighted by molar-refractivity contribution is 0.0594. The number of carbonyl (C=O) groups excluding carboxylic acids is 1. The molecule has 0 amide bonds. The van der Waals surface area contributed by atoms with Crippen LogP contribution >= 0.6 is 0 Å². The summed E-state index contributed by atoms with van der Waals surface area (Å²) in [6.07, 6.45) is 1.76. The number of rotatable bonds is 3. The fraction of sp³-hybridized carbons (Fsp3) is 0.0526. The SMILES string of the molecule is COC(=O)c1nc(-c2ccc(O)cc2O)oc1-n1ccc2ccccc21.